The van der Waals surface area contributed by atoms with Crippen molar-refractivity contribution in [2.45, 2.75) is 70.8 Å². The lowest BCUT2D eigenvalue weighted by molar-refractivity contribution is -0.171. The van der Waals surface area contributed by atoms with Crippen molar-refractivity contribution in [2.24, 2.45) is 17.3 Å². The van der Waals surface area contributed by atoms with Crippen molar-refractivity contribution in [2.75, 3.05) is 13.1 Å². The van der Waals surface area contributed by atoms with Crippen LogP contribution in [0, 0.1) is 17.3 Å². The number of aliphatic hydroxyl groups is 1. The molecular weight excluding hydrogens is 322 g/mol. The predicted octanol–water partition coefficient (Wildman–Crippen LogP) is 3.93. The van der Waals surface area contributed by atoms with Crippen LogP contribution in [-0.4, -0.2) is 34.6 Å². The smallest absolute Gasteiger partial charge is 0.225 e. The van der Waals surface area contributed by atoms with Crippen LogP contribution < -0.4 is 0 Å². The Hall–Kier alpha value is -1.35. The van der Waals surface area contributed by atoms with E-state index in [1.54, 1.807) is 0 Å². The highest BCUT2D eigenvalue weighted by Gasteiger charge is 2.55. The van der Waals surface area contributed by atoms with E-state index >= 15 is 0 Å². The fraction of sp³-hybridized carbons (Fsp3) is 0.696. The van der Waals surface area contributed by atoms with Crippen molar-refractivity contribution in [1.29, 1.82) is 0 Å². The van der Waals surface area contributed by atoms with Gasteiger partial charge in [-0.3, -0.25) is 4.79 Å². The number of carbonyl (C=O) groups excluding carboxylic acids is 1. The Morgan fingerprint density at radius 1 is 1.15 bits per heavy atom. The molecule has 26 heavy (non-hydrogen) atoms. The van der Waals surface area contributed by atoms with Crippen molar-refractivity contribution in [3.05, 3.63) is 35.4 Å². The van der Waals surface area contributed by atoms with Gasteiger partial charge in [-0.05, 0) is 61.5 Å². The summed E-state index contributed by atoms with van der Waals surface area (Å²) in [5.74, 6) is 1.11. The van der Waals surface area contributed by atoms with E-state index in [4.69, 9.17) is 0 Å². The molecule has 1 aliphatic heterocycles. The van der Waals surface area contributed by atoms with Crippen LogP contribution in [0.25, 0.3) is 0 Å². The fourth-order valence-corrected chi connectivity index (χ4v) is 5.66. The first-order valence-corrected chi connectivity index (χ1v) is 10.2. The maximum atomic E-state index is 12.5. The van der Waals surface area contributed by atoms with Crippen LogP contribution in [0.15, 0.2) is 24.3 Å². The van der Waals surface area contributed by atoms with Crippen LogP contribution in [0.1, 0.15) is 64.5 Å². The highest BCUT2D eigenvalue weighted by molar-refractivity contribution is 5.81. The molecule has 1 aromatic carbocycles. The number of rotatable bonds is 3. The van der Waals surface area contributed by atoms with Gasteiger partial charge in [0, 0.05) is 24.4 Å². The van der Waals surface area contributed by atoms with Gasteiger partial charge in [0.05, 0.1) is 5.60 Å². The molecule has 2 saturated carbocycles. The second-order valence-electron chi connectivity index (χ2n) is 10.7. The van der Waals surface area contributed by atoms with Crippen LogP contribution in [0.3, 0.4) is 0 Å². The third kappa shape index (κ3) is 3.19. The molecule has 3 nitrogen and oxygen atoms in total. The number of benzene rings is 1. The third-order valence-corrected chi connectivity index (χ3v) is 6.86. The summed E-state index contributed by atoms with van der Waals surface area (Å²) in [6, 6.07) is 8.89. The Bertz CT molecular complexity index is 693. The molecule has 1 N–H and O–H groups in total. The van der Waals surface area contributed by atoms with Crippen LogP contribution in [0.4, 0.5) is 0 Å². The van der Waals surface area contributed by atoms with Gasteiger partial charge in [0.1, 0.15) is 0 Å². The zero-order valence-electron chi connectivity index (χ0n) is 16.7. The van der Waals surface area contributed by atoms with Crippen molar-refractivity contribution in [1.82, 2.24) is 4.90 Å². The van der Waals surface area contributed by atoms with Gasteiger partial charge in [-0.2, -0.15) is 0 Å². The number of amides is 1. The summed E-state index contributed by atoms with van der Waals surface area (Å²) in [7, 11) is 0. The van der Waals surface area contributed by atoms with Gasteiger partial charge in [0.2, 0.25) is 5.91 Å². The highest BCUT2D eigenvalue weighted by Crippen LogP contribution is 2.54. The topological polar surface area (TPSA) is 40.5 Å². The molecule has 1 spiro atoms. The molecule has 4 rings (SSSR count). The van der Waals surface area contributed by atoms with Crippen LogP contribution >= 0.6 is 0 Å². The average Bonchev–Trinajstić information content (AvgIpc) is 2.44. The molecule has 0 atom stereocenters. The van der Waals surface area contributed by atoms with E-state index in [1.165, 1.54) is 30.4 Å². The summed E-state index contributed by atoms with van der Waals surface area (Å²) in [6.07, 6.45) is 4.98. The monoisotopic (exact) mass is 355 g/mol. The molecule has 2 aliphatic carbocycles. The van der Waals surface area contributed by atoms with Crippen LogP contribution in [-0.2, 0) is 16.6 Å². The fourth-order valence-electron chi connectivity index (χ4n) is 5.66. The van der Waals surface area contributed by atoms with Gasteiger partial charge in [-0.1, -0.05) is 45.0 Å². The van der Waals surface area contributed by atoms with E-state index in [-0.39, 0.29) is 17.2 Å². The summed E-state index contributed by atoms with van der Waals surface area (Å²) in [4.78, 5) is 14.5. The minimum Gasteiger partial charge on any atom is -0.390 e. The molecule has 3 fully saturated rings. The molecular formula is C23H33NO2. The summed E-state index contributed by atoms with van der Waals surface area (Å²) >= 11 is 0. The first-order chi connectivity index (χ1) is 12.1. The minimum atomic E-state index is -0.606. The Kier molecular flexibility index (Phi) is 4.04. The molecule has 142 valence electrons. The lowest BCUT2D eigenvalue weighted by Gasteiger charge is -2.60. The van der Waals surface area contributed by atoms with E-state index in [1.807, 2.05) is 11.8 Å². The van der Waals surface area contributed by atoms with E-state index < -0.39 is 5.60 Å². The molecule has 0 radical (unpaired) electrons. The second-order valence-corrected chi connectivity index (χ2v) is 10.7. The lowest BCUT2D eigenvalue weighted by Crippen LogP contribution is -2.66. The van der Waals surface area contributed by atoms with Crippen LogP contribution in [0.2, 0.25) is 0 Å². The van der Waals surface area contributed by atoms with Gasteiger partial charge >= 0.3 is 0 Å². The number of hydrogen-bond acceptors (Lipinski definition) is 2. The first-order valence-electron chi connectivity index (χ1n) is 10.2. The second kappa shape index (κ2) is 5.82. The SMILES string of the molecule is CC1(O)CC(C(=O)N2CC3(CC(Cc4ccccc4C(C)(C)C)C3)C2)C1. The first kappa shape index (κ1) is 18.0. The highest BCUT2D eigenvalue weighted by atomic mass is 16.3. The molecule has 1 amide bonds. The Balaban J connectivity index is 1.28. The molecule has 1 aromatic rings. The standard InChI is InChI=1S/C23H33NO2/c1-21(2,3)19-8-6-5-7-17(19)9-16-10-23(11-16)14-24(15-23)20(25)18-12-22(4,26)13-18/h5-8,16,18,26H,9-15H2,1-4H3. The summed E-state index contributed by atoms with van der Waals surface area (Å²) in [5, 5.41) is 9.85. The molecule has 0 bridgehead atoms. The lowest BCUT2D eigenvalue weighted by atomic mass is 9.56. The van der Waals surface area contributed by atoms with Gasteiger partial charge in [-0.25, -0.2) is 0 Å². The van der Waals surface area contributed by atoms with Gasteiger partial charge in [0.25, 0.3) is 0 Å². The van der Waals surface area contributed by atoms with E-state index in [0.29, 0.717) is 18.3 Å². The van der Waals surface area contributed by atoms with Crippen LogP contribution in [0.5, 0.6) is 0 Å². The van der Waals surface area contributed by atoms with Crippen molar-refractivity contribution < 1.29 is 9.90 Å². The number of nitrogens with zero attached hydrogens (tertiary/aromatic N) is 1. The molecule has 1 heterocycles. The van der Waals surface area contributed by atoms with Gasteiger partial charge < -0.3 is 10.0 Å². The minimum absolute atomic E-state index is 0.0666. The van der Waals surface area contributed by atoms with Gasteiger partial charge in [0.15, 0.2) is 0 Å². The molecule has 3 aliphatic rings. The summed E-state index contributed by atoms with van der Waals surface area (Å²) in [5.41, 5.74) is 2.97. The zero-order valence-corrected chi connectivity index (χ0v) is 16.7. The van der Waals surface area contributed by atoms with Crippen molar-refractivity contribution in [3.8, 4) is 0 Å². The van der Waals surface area contributed by atoms with E-state index in [0.717, 1.165) is 19.0 Å². The average molecular weight is 356 g/mol. The zero-order chi connectivity index (χ0) is 18.7. The van der Waals surface area contributed by atoms with E-state index in [9.17, 15) is 9.90 Å². The number of likely N-dealkylation sites (tertiary alicyclic amines) is 1. The Morgan fingerprint density at radius 2 is 1.77 bits per heavy atom. The molecule has 0 unspecified atom stereocenters. The molecule has 3 heteroatoms. The van der Waals surface area contributed by atoms with Crippen molar-refractivity contribution >= 4 is 5.91 Å². The Morgan fingerprint density at radius 3 is 2.35 bits per heavy atom. The third-order valence-electron chi connectivity index (χ3n) is 6.86. The molecule has 0 aromatic heterocycles. The van der Waals surface area contributed by atoms with Crippen molar-refractivity contribution in [3.63, 3.8) is 0 Å². The maximum Gasteiger partial charge on any atom is 0.225 e. The number of carbonyl (C=O) groups is 1. The normalized spacial score (nSPS) is 30.5. The largest absolute Gasteiger partial charge is 0.390 e. The summed E-state index contributed by atoms with van der Waals surface area (Å²) < 4.78 is 0. The quantitative estimate of drug-likeness (QED) is 0.892. The van der Waals surface area contributed by atoms with E-state index in [2.05, 4.69) is 45.0 Å². The van der Waals surface area contributed by atoms with Gasteiger partial charge in [-0.15, -0.1) is 0 Å². The Labute approximate surface area is 157 Å². The maximum absolute atomic E-state index is 12.5. The molecule has 1 saturated heterocycles. The summed E-state index contributed by atoms with van der Waals surface area (Å²) in [6.45, 7) is 10.6. The number of hydrogen-bond donors (Lipinski definition) is 1. The predicted molar refractivity (Wildman–Crippen MR) is 104 cm³/mol.